The van der Waals surface area contributed by atoms with Crippen LogP contribution in [0.5, 0.6) is 0 Å². The third-order valence-corrected chi connectivity index (χ3v) is 2.05. The number of nitrogens with zero attached hydrogens (tertiary/aromatic N) is 1. The van der Waals surface area contributed by atoms with Crippen molar-refractivity contribution in [2.45, 2.75) is 27.2 Å². The first-order valence-electron chi connectivity index (χ1n) is 4.86. The fourth-order valence-electron chi connectivity index (χ4n) is 1.34. The van der Waals surface area contributed by atoms with E-state index < -0.39 is 0 Å². The number of allylic oxidation sites excluding steroid dienone is 2. The molecule has 1 atom stereocenters. The van der Waals surface area contributed by atoms with Crippen LogP contribution in [0.1, 0.15) is 27.2 Å². The van der Waals surface area contributed by atoms with Gasteiger partial charge in [0.25, 0.3) is 0 Å². The molecule has 1 aliphatic heterocycles. The highest BCUT2D eigenvalue weighted by molar-refractivity contribution is 5.35. The molecule has 0 saturated heterocycles. The normalized spacial score (nSPS) is 21.0. The summed E-state index contributed by atoms with van der Waals surface area (Å²) in [6.07, 6.45) is 3.02. The van der Waals surface area contributed by atoms with Gasteiger partial charge in [-0.25, -0.2) is 4.99 Å². The Kier molecular flexibility index (Phi) is 5.94. The van der Waals surface area contributed by atoms with Crippen LogP contribution in [0.15, 0.2) is 29.0 Å². The molecule has 1 rings (SSSR count). The van der Waals surface area contributed by atoms with Crippen molar-refractivity contribution in [3.05, 3.63) is 24.0 Å². The Balaban J connectivity index is 0.000000671. The van der Waals surface area contributed by atoms with E-state index in [1.165, 1.54) is 5.57 Å². The number of rotatable bonds is 2. The molecule has 1 N–H and O–H groups in total. The molecule has 0 aromatic heterocycles. The van der Waals surface area contributed by atoms with Crippen molar-refractivity contribution in [1.29, 1.82) is 0 Å². The first kappa shape index (κ1) is 11.9. The van der Waals surface area contributed by atoms with E-state index in [0.717, 1.165) is 18.8 Å². The summed E-state index contributed by atoms with van der Waals surface area (Å²) in [5, 5.41) is 3.18. The van der Waals surface area contributed by atoms with Gasteiger partial charge in [-0.1, -0.05) is 33.4 Å². The summed E-state index contributed by atoms with van der Waals surface area (Å²) in [7, 11) is 0. The van der Waals surface area contributed by atoms with Crippen LogP contribution in [0.3, 0.4) is 0 Å². The van der Waals surface area contributed by atoms with Crippen LogP contribution in [-0.2, 0) is 0 Å². The molecule has 2 nitrogen and oxygen atoms in total. The largest absolute Gasteiger partial charge is 0.370 e. The summed E-state index contributed by atoms with van der Waals surface area (Å²) < 4.78 is 0. The summed E-state index contributed by atoms with van der Waals surface area (Å²) in [6.45, 7) is 14.4. The van der Waals surface area contributed by atoms with E-state index in [1.54, 1.807) is 0 Å². The van der Waals surface area contributed by atoms with Crippen molar-refractivity contribution in [2.75, 3.05) is 6.54 Å². The minimum Gasteiger partial charge on any atom is -0.370 e. The first-order valence-corrected chi connectivity index (χ1v) is 4.86. The molecule has 2 heteroatoms. The van der Waals surface area contributed by atoms with E-state index in [4.69, 9.17) is 0 Å². The highest BCUT2D eigenvalue weighted by Gasteiger charge is 2.15. The topological polar surface area (TPSA) is 24.4 Å². The maximum absolute atomic E-state index is 3.90. The summed E-state index contributed by atoms with van der Waals surface area (Å²) in [6, 6.07) is 0. The summed E-state index contributed by atoms with van der Waals surface area (Å²) in [5.41, 5.74) is 1.19. The van der Waals surface area contributed by atoms with Gasteiger partial charge in [0, 0.05) is 6.54 Å². The monoisotopic (exact) mass is 180 g/mol. The minimum absolute atomic E-state index is 0.564. The van der Waals surface area contributed by atoms with E-state index in [9.17, 15) is 0 Å². The van der Waals surface area contributed by atoms with Crippen molar-refractivity contribution < 1.29 is 0 Å². The molecule has 0 amide bonds. The van der Waals surface area contributed by atoms with Crippen molar-refractivity contribution in [1.82, 2.24) is 5.32 Å². The van der Waals surface area contributed by atoms with Gasteiger partial charge in [0.15, 0.2) is 0 Å². The zero-order valence-electron chi connectivity index (χ0n) is 8.93. The standard InChI is InChI=1S/C9H14N2.C2H6/c1-4-8-7(2)5-6-11-9(8)10-3;1-2/h4,7,11H,1,3,5-6H2,2H3;1-2H3. The first-order chi connectivity index (χ1) is 6.29. The predicted octanol–water partition coefficient (Wildman–Crippen LogP) is 2.74. The van der Waals surface area contributed by atoms with Gasteiger partial charge in [-0.3, -0.25) is 0 Å². The van der Waals surface area contributed by atoms with Gasteiger partial charge in [-0.2, -0.15) is 0 Å². The second kappa shape index (κ2) is 6.46. The highest BCUT2D eigenvalue weighted by atomic mass is 15.0. The third-order valence-electron chi connectivity index (χ3n) is 2.05. The van der Waals surface area contributed by atoms with E-state index in [0.29, 0.717) is 5.92 Å². The van der Waals surface area contributed by atoms with Crippen LogP contribution >= 0.6 is 0 Å². The smallest absolute Gasteiger partial charge is 0.128 e. The molecule has 0 spiro atoms. The van der Waals surface area contributed by atoms with Gasteiger partial charge in [-0.15, -0.1) is 0 Å². The zero-order chi connectivity index (χ0) is 10.3. The average Bonchev–Trinajstić information content (AvgIpc) is 2.20. The van der Waals surface area contributed by atoms with Crippen LogP contribution < -0.4 is 5.32 Å². The van der Waals surface area contributed by atoms with E-state index in [-0.39, 0.29) is 0 Å². The molecule has 0 aromatic rings. The van der Waals surface area contributed by atoms with Crippen molar-refractivity contribution in [2.24, 2.45) is 10.9 Å². The van der Waals surface area contributed by atoms with Gasteiger partial charge in [0.1, 0.15) is 5.82 Å². The Morgan fingerprint density at radius 2 is 2.15 bits per heavy atom. The molecule has 0 saturated carbocycles. The van der Waals surface area contributed by atoms with Crippen molar-refractivity contribution in [3.63, 3.8) is 0 Å². The average molecular weight is 180 g/mol. The maximum atomic E-state index is 3.90. The number of nitrogens with one attached hydrogen (secondary N) is 1. The molecular formula is C11H20N2. The van der Waals surface area contributed by atoms with Crippen molar-refractivity contribution in [3.8, 4) is 0 Å². The lowest BCUT2D eigenvalue weighted by molar-refractivity contribution is 0.544. The summed E-state index contributed by atoms with van der Waals surface area (Å²) in [4.78, 5) is 3.90. The molecule has 1 aliphatic rings. The Morgan fingerprint density at radius 3 is 2.54 bits per heavy atom. The summed E-state index contributed by atoms with van der Waals surface area (Å²) in [5.74, 6) is 1.47. The third kappa shape index (κ3) is 3.05. The van der Waals surface area contributed by atoms with Gasteiger partial charge in [0.2, 0.25) is 0 Å². The van der Waals surface area contributed by atoms with Crippen LogP contribution in [-0.4, -0.2) is 13.3 Å². The molecule has 0 fully saturated rings. The minimum atomic E-state index is 0.564. The second-order valence-corrected chi connectivity index (χ2v) is 2.78. The molecule has 13 heavy (non-hydrogen) atoms. The van der Waals surface area contributed by atoms with E-state index in [1.807, 2.05) is 19.9 Å². The molecule has 0 aliphatic carbocycles. The Labute approximate surface area is 81.5 Å². The van der Waals surface area contributed by atoms with Crippen LogP contribution in [0.25, 0.3) is 0 Å². The molecule has 0 radical (unpaired) electrons. The Hall–Kier alpha value is -1.05. The maximum Gasteiger partial charge on any atom is 0.128 e. The molecular weight excluding hydrogens is 160 g/mol. The number of hydrogen-bond acceptors (Lipinski definition) is 2. The lowest BCUT2D eigenvalue weighted by atomic mass is 9.95. The van der Waals surface area contributed by atoms with Gasteiger partial charge in [0.05, 0.1) is 0 Å². The Bertz CT molecular complexity index is 204. The van der Waals surface area contributed by atoms with Crippen LogP contribution in [0.4, 0.5) is 0 Å². The fraction of sp³-hybridized carbons (Fsp3) is 0.545. The molecule has 1 unspecified atom stereocenters. The van der Waals surface area contributed by atoms with Crippen LogP contribution in [0.2, 0.25) is 0 Å². The summed E-state index contributed by atoms with van der Waals surface area (Å²) >= 11 is 0. The van der Waals surface area contributed by atoms with Crippen LogP contribution in [0, 0.1) is 5.92 Å². The lowest BCUT2D eigenvalue weighted by Crippen LogP contribution is -2.24. The van der Waals surface area contributed by atoms with E-state index in [2.05, 4.69) is 30.5 Å². The SMILES string of the molecule is C=CC1=C(N=C)NCCC1C.CC. The van der Waals surface area contributed by atoms with Gasteiger partial charge < -0.3 is 5.32 Å². The second-order valence-electron chi connectivity index (χ2n) is 2.78. The predicted molar refractivity (Wildman–Crippen MR) is 59.9 cm³/mol. The van der Waals surface area contributed by atoms with Gasteiger partial charge in [-0.05, 0) is 24.6 Å². The number of hydrogen-bond donors (Lipinski definition) is 1. The lowest BCUT2D eigenvalue weighted by Gasteiger charge is -2.22. The molecule has 74 valence electrons. The molecule has 0 bridgehead atoms. The molecule has 0 aromatic carbocycles. The quantitative estimate of drug-likeness (QED) is 0.649. The fourth-order valence-corrected chi connectivity index (χ4v) is 1.34. The Morgan fingerprint density at radius 1 is 1.54 bits per heavy atom. The zero-order valence-corrected chi connectivity index (χ0v) is 8.93. The highest BCUT2D eigenvalue weighted by Crippen LogP contribution is 2.22. The van der Waals surface area contributed by atoms with E-state index >= 15 is 0 Å². The molecule has 1 heterocycles. The van der Waals surface area contributed by atoms with Gasteiger partial charge >= 0.3 is 0 Å². The van der Waals surface area contributed by atoms with Crippen molar-refractivity contribution >= 4 is 6.72 Å². The number of aliphatic imine (C=N–C) groups is 1.